The summed E-state index contributed by atoms with van der Waals surface area (Å²) in [5, 5.41) is 1.87. The second kappa shape index (κ2) is 9.54. The summed E-state index contributed by atoms with van der Waals surface area (Å²) in [7, 11) is 0. The molecular formula is C26H26FN5O3. The number of hydrogen-bond acceptors (Lipinski definition) is 5. The Hall–Kier alpha value is -4.27. The fourth-order valence-corrected chi connectivity index (χ4v) is 3.64. The van der Waals surface area contributed by atoms with Gasteiger partial charge in [-0.3, -0.25) is 9.78 Å². The predicted molar refractivity (Wildman–Crippen MR) is 132 cm³/mol. The van der Waals surface area contributed by atoms with E-state index in [1.54, 1.807) is 58.3 Å². The minimum atomic E-state index is -0.767. The highest BCUT2D eigenvalue weighted by atomic mass is 19.1. The van der Waals surface area contributed by atoms with Gasteiger partial charge in [-0.1, -0.05) is 6.92 Å². The minimum Gasteiger partial charge on any atom is -0.443 e. The number of hydrazine groups is 1. The van der Waals surface area contributed by atoms with E-state index < -0.39 is 11.7 Å². The number of pyridine rings is 2. The van der Waals surface area contributed by atoms with Crippen molar-refractivity contribution in [3.05, 3.63) is 66.7 Å². The fraction of sp³-hybridized carbons (Fsp3) is 0.231. The lowest BCUT2D eigenvalue weighted by molar-refractivity contribution is -0.119. The zero-order valence-electron chi connectivity index (χ0n) is 19.9. The smallest absolute Gasteiger partial charge is 0.427 e. The van der Waals surface area contributed by atoms with Gasteiger partial charge in [-0.05, 0) is 80.4 Å². The van der Waals surface area contributed by atoms with Gasteiger partial charge in [-0.15, -0.1) is 0 Å². The van der Waals surface area contributed by atoms with Crippen molar-refractivity contribution < 1.29 is 18.7 Å². The molecule has 0 saturated carbocycles. The van der Waals surface area contributed by atoms with Crippen LogP contribution in [0.15, 0.2) is 60.9 Å². The first-order valence-electron chi connectivity index (χ1n) is 11.2. The molecule has 0 aliphatic rings. The highest BCUT2D eigenvalue weighted by molar-refractivity contribution is 6.03. The van der Waals surface area contributed by atoms with Crippen LogP contribution in [0, 0.1) is 5.82 Å². The molecule has 0 aliphatic heterocycles. The molecule has 2 N–H and O–H groups in total. The Morgan fingerprint density at radius 2 is 1.71 bits per heavy atom. The third kappa shape index (κ3) is 5.29. The molecule has 0 radical (unpaired) electrons. The number of fused-ring (bicyclic) bond motifs is 1. The summed E-state index contributed by atoms with van der Waals surface area (Å²) in [5.74, 6) is -0.469. The van der Waals surface area contributed by atoms with E-state index in [9.17, 15) is 14.0 Å². The van der Waals surface area contributed by atoms with Crippen molar-refractivity contribution in [3.8, 4) is 22.4 Å². The van der Waals surface area contributed by atoms with Gasteiger partial charge in [0, 0.05) is 29.8 Å². The van der Waals surface area contributed by atoms with Crippen molar-refractivity contribution in [1.29, 1.82) is 0 Å². The van der Waals surface area contributed by atoms with Crippen LogP contribution in [0.25, 0.3) is 33.4 Å². The quantitative estimate of drug-likeness (QED) is 0.374. The number of halogens is 1. The van der Waals surface area contributed by atoms with Crippen LogP contribution in [-0.4, -0.2) is 32.6 Å². The lowest BCUT2D eigenvalue weighted by atomic mass is 10.00. The Bertz CT molecular complexity index is 1360. The summed E-state index contributed by atoms with van der Waals surface area (Å²) in [6.07, 6.45) is 2.76. The van der Waals surface area contributed by atoms with Gasteiger partial charge in [0.15, 0.2) is 5.82 Å². The number of aromatic amines is 1. The number of nitrogens with one attached hydrogen (secondary N) is 2. The fourth-order valence-electron chi connectivity index (χ4n) is 3.64. The average molecular weight is 476 g/mol. The first-order valence-corrected chi connectivity index (χ1v) is 11.2. The number of anilines is 1. The summed E-state index contributed by atoms with van der Waals surface area (Å²) in [6, 6.07) is 13.4. The zero-order valence-corrected chi connectivity index (χ0v) is 19.9. The Kier molecular flexibility index (Phi) is 6.50. The van der Waals surface area contributed by atoms with E-state index in [2.05, 4.69) is 20.4 Å². The molecule has 8 nitrogen and oxygen atoms in total. The lowest BCUT2D eigenvalue weighted by Crippen LogP contribution is -2.48. The molecule has 0 fully saturated rings. The minimum absolute atomic E-state index is 0.142. The Balaban J connectivity index is 1.82. The molecule has 0 atom stereocenters. The van der Waals surface area contributed by atoms with Gasteiger partial charge in [0.2, 0.25) is 5.91 Å². The molecule has 180 valence electrons. The van der Waals surface area contributed by atoms with E-state index in [0.29, 0.717) is 5.65 Å². The van der Waals surface area contributed by atoms with E-state index in [4.69, 9.17) is 4.74 Å². The average Bonchev–Trinajstić information content (AvgIpc) is 3.20. The molecule has 2 amide bonds. The maximum atomic E-state index is 13.6. The van der Waals surface area contributed by atoms with Crippen molar-refractivity contribution in [3.63, 3.8) is 0 Å². The first-order chi connectivity index (χ1) is 16.7. The lowest BCUT2D eigenvalue weighted by Gasteiger charge is -2.25. The van der Waals surface area contributed by atoms with Crippen LogP contribution in [0.5, 0.6) is 0 Å². The van der Waals surface area contributed by atoms with Gasteiger partial charge in [-0.2, -0.15) is 5.01 Å². The monoisotopic (exact) mass is 475 g/mol. The zero-order chi connectivity index (χ0) is 25.2. The number of benzene rings is 1. The summed E-state index contributed by atoms with van der Waals surface area (Å²) in [5.41, 5.74) is 5.52. The summed E-state index contributed by atoms with van der Waals surface area (Å²) < 4.78 is 18.9. The molecule has 0 unspecified atom stereocenters. The van der Waals surface area contributed by atoms with Gasteiger partial charge >= 0.3 is 6.09 Å². The van der Waals surface area contributed by atoms with Gasteiger partial charge in [-0.25, -0.2) is 19.6 Å². The van der Waals surface area contributed by atoms with E-state index in [0.717, 1.165) is 32.8 Å². The highest BCUT2D eigenvalue weighted by Crippen LogP contribution is 2.38. The number of hydrogen-bond donors (Lipinski definition) is 2. The number of carbonyl (C=O) groups is 2. The van der Waals surface area contributed by atoms with Crippen LogP contribution in [0.1, 0.15) is 34.1 Å². The van der Waals surface area contributed by atoms with Gasteiger partial charge < -0.3 is 9.72 Å². The number of nitrogens with zero attached hydrogens (tertiary/aromatic N) is 3. The third-order valence-corrected chi connectivity index (χ3v) is 5.13. The van der Waals surface area contributed by atoms with E-state index >= 15 is 0 Å². The van der Waals surface area contributed by atoms with Crippen LogP contribution in [0.4, 0.5) is 15.0 Å². The standard InChI is InChI=1S/C26H26FN5O3/c1-5-21(33)32(31-25(34)35-26(2,3)4)20-11-10-19-22(16-12-14-28-15-13-16)23(30-24(19)29-20)17-6-8-18(27)9-7-17/h6-15H,5H2,1-4H3,(H,29,30)(H,31,34). The second-order valence-electron chi connectivity index (χ2n) is 8.88. The van der Waals surface area contributed by atoms with Crippen LogP contribution >= 0.6 is 0 Å². The van der Waals surface area contributed by atoms with Crippen molar-refractivity contribution in [1.82, 2.24) is 20.4 Å². The SMILES string of the molecule is CCC(=O)N(NC(=O)OC(C)(C)C)c1ccc2c(-c3ccncc3)c(-c3ccc(F)cc3)[nH]c2n1. The van der Waals surface area contributed by atoms with Crippen molar-refractivity contribution >= 4 is 28.9 Å². The Morgan fingerprint density at radius 1 is 1.03 bits per heavy atom. The number of carbonyl (C=O) groups excluding carboxylic acids is 2. The van der Waals surface area contributed by atoms with Crippen LogP contribution in [0.3, 0.4) is 0 Å². The number of H-pyrrole nitrogens is 1. The molecule has 0 bridgehead atoms. The molecule has 4 aromatic rings. The Morgan fingerprint density at radius 3 is 2.34 bits per heavy atom. The number of ether oxygens (including phenoxy) is 1. The first kappa shape index (κ1) is 23.9. The molecule has 0 spiro atoms. The van der Waals surface area contributed by atoms with Crippen LogP contribution in [0.2, 0.25) is 0 Å². The largest absolute Gasteiger partial charge is 0.443 e. The number of amides is 2. The van der Waals surface area contributed by atoms with Crippen LogP contribution < -0.4 is 10.4 Å². The second-order valence-corrected chi connectivity index (χ2v) is 8.88. The van der Waals surface area contributed by atoms with E-state index in [1.165, 1.54) is 12.1 Å². The summed E-state index contributed by atoms with van der Waals surface area (Å²) >= 11 is 0. The molecular weight excluding hydrogens is 449 g/mol. The molecule has 3 aromatic heterocycles. The number of rotatable bonds is 4. The van der Waals surface area contributed by atoms with Crippen molar-refractivity contribution in [2.75, 3.05) is 5.01 Å². The topological polar surface area (TPSA) is 100 Å². The molecule has 0 saturated heterocycles. The van der Waals surface area contributed by atoms with Crippen LogP contribution in [-0.2, 0) is 9.53 Å². The summed E-state index contributed by atoms with van der Waals surface area (Å²) in [6.45, 7) is 6.89. The van der Waals surface area contributed by atoms with E-state index in [-0.39, 0.29) is 24.0 Å². The molecule has 0 aliphatic carbocycles. The number of aromatic nitrogens is 3. The van der Waals surface area contributed by atoms with Gasteiger partial charge in [0.25, 0.3) is 0 Å². The molecule has 1 aromatic carbocycles. The predicted octanol–water partition coefficient (Wildman–Crippen LogP) is 5.61. The van der Waals surface area contributed by atoms with Crippen molar-refractivity contribution in [2.24, 2.45) is 0 Å². The molecule has 35 heavy (non-hydrogen) atoms. The maximum absolute atomic E-state index is 13.6. The third-order valence-electron chi connectivity index (χ3n) is 5.13. The van der Waals surface area contributed by atoms with Crippen molar-refractivity contribution in [2.45, 2.75) is 39.7 Å². The van der Waals surface area contributed by atoms with E-state index in [1.807, 2.05) is 18.2 Å². The summed E-state index contributed by atoms with van der Waals surface area (Å²) in [4.78, 5) is 37.1. The Labute approximate surface area is 202 Å². The maximum Gasteiger partial charge on any atom is 0.427 e. The van der Waals surface area contributed by atoms with Gasteiger partial charge in [0.05, 0.1) is 5.69 Å². The van der Waals surface area contributed by atoms with Gasteiger partial charge in [0.1, 0.15) is 17.1 Å². The molecule has 3 heterocycles. The normalized spacial score (nSPS) is 11.3. The molecule has 9 heteroatoms. The highest BCUT2D eigenvalue weighted by Gasteiger charge is 2.24. The molecule has 4 rings (SSSR count).